The molecule has 0 aromatic heterocycles. The summed E-state index contributed by atoms with van der Waals surface area (Å²) in [6, 6.07) is 40.4. The van der Waals surface area contributed by atoms with E-state index in [1.54, 1.807) is 14.2 Å². The summed E-state index contributed by atoms with van der Waals surface area (Å²) in [5.41, 5.74) is 10.3. The van der Waals surface area contributed by atoms with Crippen molar-refractivity contribution in [2.75, 3.05) is 24.0 Å². The zero-order valence-electron chi connectivity index (χ0n) is 20.8. The third-order valence-electron chi connectivity index (χ3n) is 7.44. The minimum atomic E-state index is -0.0524. The molecule has 2 aliphatic heterocycles. The van der Waals surface area contributed by atoms with Gasteiger partial charge in [-0.1, -0.05) is 54.6 Å². The second kappa shape index (κ2) is 8.49. The molecule has 5 aromatic carbocycles. The fraction of sp³-hybridized carbons (Fsp3) is 0.0625. The van der Waals surface area contributed by atoms with Crippen LogP contribution in [-0.4, -0.2) is 20.9 Å². The number of hydrogen-bond donors (Lipinski definition) is 0. The van der Waals surface area contributed by atoms with Gasteiger partial charge < -0.3 is 19.3 Å². The van der Waals surface area contributed by atoms with Gasteiger partial charge in [-0.05, 0) is 77.1 Å². The largest absolute Gasteiger partial charge is 0.497 e. The number of hydrogen-bond acceptors (Lipinski definition) is 4. The molecule has 0 N–H and O–H groups in total. The highest BCUT2D eigenvalue weighted by molar-refractivity contribution is 7.01. The maximum absolute atomic E-state index is 6.03. The Hall–Kier alpha value is -4.64. The third-order valence-corrected chi connectivity index (χ3v) is 7.44. The van der Waals surface area contributed by atoms with Gasteiger partial charge >= 0.3 is 0 Å². The van der Waals surface area contributed by atoms with Crippen molar-refractivity contribution in [1.29, 1.82) is 0 Å². The van der Waals surface area contributed by atoms with Gasteiger partial charge in [0.1, 0.15) is 11.5 Å². The fourth-order valence-electron chi connectivity index (χ4n) is 6.02. The summed E-state index contributed by atoms with van der Waals surface area (Å²) in [5, 5.41) is 0. The number of ether oxygens (including phenoxy) is 2. The predicted octanol–water partition coefficient (Wildman–Crippen LogP) is 5.79. The van der Waals surface area contributed by atoms with E-state index in [4.69, 9.17) is 9.47 Å². The molecule has 0 atom stereocenters. The second-order valence-electron chi connectivity index (χ2n) is 9.27. The Bertz CT molecular complexity index is 1500. The molecule has 0 amide bonds. The van der Waals surface area contributed by atoms with Crippen LogP contribution in [0.1, 0.15) is 0 Å². The lowest BCUT2D eigenvalue weighted by Gasteiger charge is -2.44. The average molecular weight is 480 g/mol. The number of anilines is 6. The molecular weight excluding hydrogens is 455 g/mol. The number of para-hydroxylation sites is 2. The molecule has 0 fully saturated rings. The first-order chi connectivity index (χ1) is 18.3. The van der Waals surface area contributed by atoms with E-state index in [-0.39, 0.29) is 6.71 Å². The number of fused-ring (bicyclic) bond motifs is 4. The monoisotopic (exact) mass is 480 g/mol. The van der Waals surface area contributed by atoms with Crippen molar-refractivity contribution >= 4 is 57.2 Å². The zero-order valence-corrected chi connectivity index (χ0v) is 20.8. The van der Waals surface area contributed by atoms with Crippen molar-refractivity contribution in [3.8, 4) is 11.5 Å². The van der Waals surface area contributed by atoms with Crippen LogP contribution < -0.4 is 35.7 Å². The van der Waals surface area contributed by atoms with E-state index in [1.807, 2.05) is 0 Å². The van der Waals surface area contributed by atoms with Crippen molar-refractivity contribution in [3.63, 3.8) is 0 Å². The molecule has 5 heteroatoms. The molecule has 0 bridgehead atoms. The molecule has 0 aliphatic carbocycles. The molecule has 178 valence electrons. The molecule has 0 spiro atoms. The summed E-state index contributed by atoms with van der Waals surface area (Å²) in [6.07, 6.45) is 0. The standard InChI is InChI=1S/C32H25BN2O2/c1-36-28-20-10-18-26-31(28)33-30-24(34(26)22-12-5-3-6-13-22)16-9-17-25(30)35(23-14-7-4-8-15-23)27-19-11-21-29(37-2)32(27)33/h3-21H,1-2H3. The molecule has 7 rings (SSSR count). The molecule has 0 saturated carbocycles. The van der Waals surface area contributed by atoms with Gasteiger partial charge in [-0.15, -0.1) is 0 Å². The van der Waals surface area contributed by atoms with Gasteiger partial charge in [0.25, 0.3) is 6.71 Å². The van der Waals surface area contributed by atoms with Gasteiger partial charge in [-0.25, -0.2) is 0 Å². The molecule has 0 unspecified atom stereocenters. The maximum Gasteiger partial charge on any atom is 0.261 e. The van der Waals surface area contributed by atoms with Gasteiger partial charge in [0.05, 0.1) is 14.2 Å². The van der Waals surface area contributed by atoms with E-state index < -0.39 is 0 Å². The Morgan fingerprint density at radius 3 is 1.22 bits per heavy atom. The number of nitrogens with zero attached hydrogens (tertiary/aromatic N) is 2. The van der Waals surface area contributed by atoms with E-state index in [0.717, 1.165) is 56.5 Å². The number of benzene rings is 5. The van der Waals surface area contributed by atoms with Gasteiger partial charge in [0.15, 0.2) is 0 Å². The first-order valence-electron chi connectivity index (χ1n) is 12.5. The van der Waals surface area contributed by atoms with Crippen molar-refractivity contribution in [2.45, 2.75) is 0 Å². The minimum absolute atomic E-state index is 0.0524. The molecule has 2 aliphatic rings. The lowest BCUT2D eigenvalue weighted by Crippen LogP contribution is -2.61. The molecule has 0 saturated heterocycles. The van der Waals surface area contributed by atoms with E-state index >= 15 is 0 Å². The highest BCUT2D eigenvalue weighted by atomic mass is 16.5. The van der Waals surface area contributed by atoms with Crippen molar-refractivity contribution in [1.82, 2.24) is 0 Å². The smallest absolute Gasteiger partial charge is 0.261 e. The highest BCUT2D eigenvalue weighted by Gasteiger charge is 2.45. The van der Waals surface area contributed by atoms with Gasteiger partial charge in [-0.3, -0.25) is 0 Å². The Balaban J connectivity index is 1.63. The van der Waals surface area contributed by atoms with Crippen LogP contribution in [-0.2, 0) is 0 Å². The molecule has 5 aromatic rings. The quantitative estimate of drug-likeness (QED) is 0.298. The summed E-state index contributed by atoms with van der Waals surface area (Å²) in [4.78, 5) is 4.72. The molecule has 0 radical (unpaired) electrons. The summed E-state index contributed by atoms with van der Waals surface area (Å²) < 4.78 is 12.1. The third kappa shape index (κ3) is 3.10. The Morgan fingerprint density at radius 1 is 0.432 bits per heavy atom. The first-order valence-corrected chi connectivity index (χ1v) is 12.5. The van der Waals surface area contributed by atoms with Gasteiger partial charge in [0.2, 0.25) is 0 Å². The summed E-state index contributed by atoms with van der Waals surface area (Å²) in [5.74, 6) is 1.74. The highest BCUT2D eigenvalue weighted by Crippen LogP contribution is 2.45. The van der Waals surface area contributed by atoms with E-state index in [9.17, 15) is 0 Å². The number of methoxy groups -OCH3 is 2. The Labute approximate surface area is 217 Å². The summed E-state index contributed by atoms with van der Waals surface area (Å²) >= 11 is 0. The van der Waals surface area contributed by atoms with Crippen LogP contribution in [0.15, 0.2) is 115 Å². The molecule has 4 nitrogen and oxygen atoms in total. The first kappa shape index (κ1) is 21.6. The molecular formula is C32H25BN2O2. The Morgan fingerprint density at radius 2 is 0.811 bits per heavy atom. The molecule has 2 heterocycles. The van der Waals surface area contributed by atoms with E-state index in [2.05, 4.69) is 125 Å². The SMILES string of the molecule is COc1cccc2c1B1c3c(OC)cccc3N(c3ccccc3)c3cccc(c31)N2c1ccccc1. The lowest BCUT2D eigenvalue weighted by molar-refractivity contribution is 0.417. The van der Waals surface area contributed by atoms with Crippen molar-refractivity contribution in [3.05, 3.63) is 115 Å². The van der Waals surface area contributed by atoms with E-state index in [0.29, 0.717) is 0 Å². The van der Waals surface area contributed by atoms with Crippen molar-refractivity contribution < 1.29 is 9.47 Å². The van der Waals surface area contributed by atoms with Gasteiger partial charge in [0, 0.05) is 34.1 Å². The molecule has 37 heavy (non-hydrogen) atoms. The van der Waals surface area contributed by atoms with Crippen LogP contribution in [0.3, 0.4) is 0 Å². The topological polar surface area (TPSA) is 24.9 Å². The van der Waals surface area contributed by atoms with Crippen molar-refractivity contribution in [2.24, 2.45) is 0 Å². The summed E-state index contributed by atoms with van der Waals surface area (Å²) in [6.45, 7) is -0.0524. The Kier molecular flexibility index (Phi) is 4.96. The van der Waals surface area contributed by atoms with Crippen LogP contribution in [0.2, 0.25) is 0 Å². The van der Waals surface area contributed by atoms with E-state index in [1.165, 1.54) is 5.46 Å². The second-order valence-corrected chi connectivity index (χ2v) is 9.27. The summed E-state index contributed by atoms with van der Waals surface area (Å²) in [7, 11) is 3.51. The van der Waals surface area contributed by atoms with Crippen LogP contribution in [0.25, 0.3) is 0 Å². The van der Waals surface area contributed by atoms with Crippen LogP contribution in [0.4, 0.5) is 34.1 Å². The zero-order chi connectivity index (χ0) is 24.9. The minimum Gasteiger partial charge on any atom is -0.497 e. The normalized spacial score (nSPS) is 13.0. The maximum atomic E-state index is 6.03. The van der Waals surface area contributed by atoms with Crippen LogP contribution in [0.5, 0.6) is 11.5 Å². The average Bonchev–Trinajstić information content (AvgIpc) is 2.97. The lowest BCUT2D eigenvalue weighted by atomic mass is 9.33. The number of rotatable bonds is 4. The van der Waals surface area contributed by atoms with Gasteiger partial charge in [-0.2, -0.15) is 0 Å². The van der Waals surface area contributed by atoms with Crippen LogP contribution in [0, 0.1) is 0 Å². The van der Waals surface area contributed by atoms with Crippen LogP contribution >= 0.6 is 0 Å². The fourth-order valence-corrected chi connectivity index (χ4v) is 6.02. The predicted molar refractivity (Wildman–Crippen MR) is 154 cm³/mol.